The molecule has 0 saturated carbocycles. The average molecular weight is 729 g/mol. The van der Waals surface area contributed by atoms with Crippen molar-refractivity contribution in [1.29, 1.82) is 0 Å². The van der Waals surface area contributed by atoms with Crippen LogP contribution in [0.15, 0.2) is 58.3 Å². The zero-order valence-electron chi connectivity index (χ0n) is 25.6. The maximum atomic E-state index is 13.2. The number of carbonyl (C=O) groups excluding carboxylic acids is 4. The lowest BCUT2D eigenvalue weighted by Crippen LogP contribution is -2.31. The summed E-state index contributed by atoms with van der Waals surface area (Å²) in [6.07, 6.45) is 3.82. The van der Waals surface area contributed by atoms with E-state index in [1.807, 2.05) is 0 Å². The van der Waals surface area contributed by atoms with Crippen LogP contribution in [0.25, 0.3) is 0 Å². The van der Waals surface area contributed by atoms with Gasteiger partial charge in [0.25, 0.3) is 11.8 Å². The van der Waals surface area contributed by atoms with Crippen LogP contribution in [0.2, 0.25) is 0 Å². The first-order valence-corrected chi connectivity index (χ1v) is 17.5. The first kappa shape index (κ1) is 36.7. The van der Waals surface area contributed by atoms with E-state index in [0.29, 0.717) is 60.3 Å². The Kier molecular flexibility index (Phi) is 13.3. The van der Waals surface area contributed by atoms with E-state index in [9.17, 15) is 39.0 Å². The van der Waals surface area contributed by atoms with Crippen molar-refractivity contribution in [3.8, 4) is 0 Å². The van der Waals surface area contributed by atoms with Crippen LogP contribution < -0.4 is 10.6 Å². The van der Waals surface area contributed by atoms with Crippen molar-refractivity contribution >= 4 is 104 Å². The highest BCUT2D eigenvalue weighted by molar-refractivity contribution is 8.29. The van der Waals surface area contributed by atoms with E-state index < -0.39 is 11.9 Å². The summed E-state index contributed by atoms with van der Waals surface area (Å²) in [7, 11) is 0. The molecule has 16 heteroatoms. The molecular weight excluding hydrogens is 697 g/mol. The standard InChI is InChI=1S/C32H32N4O8S4/c37-23(33-21-13-7-5-11-19(21)29(41)42)15-3-1-9-17-35-27(39)25(47-31(35)45)26-28(40)36(32(46)48-26)18-10-2-4-16-24(38)34-22-14-8-6-12-20(22)30(43)44/h5-8,11-14H,1-4,9-10,15-18H2,(H,33,37)(H,34,38)(H,41,42)(H,43,44). The molecule has 2 aromatic carbocycles. The average Bonchev–Trinajstić information content (AvgIpc) is 3.49. The predicted molar refractivity (Wildman–Crippen MR) is 192 cm³/mol. The summed E-state index contributed by atoms with van der Waals surface area (Å²) in [5.74, 6) is -3.58. The number of thioether (sulfide) groups is 2. The highest BCUT2D eigenvalue weighted by Crippen LogP contribution is 2.42. The lowest BCUT2D eigenvalue weighted by atomic mass is 10.1. The van der Waals surface area contributed by atoms with Gasteiger partial charge in [0.15, 0.2) is 0 Å². The number of carbonyl (C=O) groups is 6. The lowest BCUT2D eigenvalue weighted by molar-refractivity contribution is -0.124. The molecule has 0 spiro atoms. The number of unbranched alkanes of at least 4 members (excludes halogenated alkanes) is 4. The minimum atomic E-state index is -1.13. The monoisotopic (exact) mass is 728 g/mol. The number of rotatable bonds is 16. The van der Waals surface area contributed by atoms with Crippen LogP contribution in [-0.2, 0) is 19.2 Å². The van der Waals surface area contributed by atoms with Crippen molar-refractivity contribution in [1.82, 2.24) is 9.80 Å². The van der Waals surface area contributed by atoms with Gasteiger partial charge >= 0.3 is 11.9 Å². The Hall–Kier alpha value is -4.12. The van der Waals surface area contributed by atoms with Gasteiger partial charge < -0.3 is 20.8 Å². The fourth-order valence-electron chi connectivity index (χ4n) is 4.90. The number of hydrogen-bond acceptors (Lipinski definition) is 10. The molecule has 2 aromatic rings. The topological polar surface area (TPSA) is 173 Å². The van der Waals surface area contributed by atoms with E-state index in [2.05, 4.69) is 10.6 Å². The Morgan fingerprint density at radius 1 is 0.604 bits per heavy atom. The molecule has 0 atom stereocenters. The number of hydrogen-bond donors (Lipinski definition) is 4. The van der Waals surface area contributed by atoms with Crippen LogP contribution in [0.3, 0.4) is 0 Å². The number of aromatic carboxylic acids is 2. The summed E-state index contributed by atoms with van der Waals surface area (Å²) in [5.41, 5.74) is 0.497. The number of para-hydroxylation sites is 2. The van der Waals surface area contributed by atoms with Gasteiger partial charge in [-0.15, -0.1) is 0 Å². The van der Waals surface area contributed by atoms with Crippen LogP contribution in [-0.4, -0.2) is 77.3 Å². The fraction of sp³-hybridized carbons (Fsp3) is 0.312. The van der Waals surface area contributed by atoms with Crippen molar-refractivity contribution in [2.45, 2.75) is 51.4 Å². The van der Waals surface area contributed by atoms with Gasteiger partial charge in [-0.1, -0.05) is 85.1 Å². The first-order chi connectivity index (χ1) is 23.0. The van der Waals surface area contributed by atoms with Crippen LogP contribution in [0.4, 0.5) is 11.4 Å². The minimum absolute atomic E-state index is 0.0120. The van der Waals surface area contributed by atoms with Gasteiger partial charge in [0.2, 0.25) is 11.8 Å². The fourth-order valence-corrected chi connectivity index (χ4v) is 7.67. The summed E-state index contributed by atoms with van der Waals surface area (Å²) in [6, 6.07) is 12.3. The van der Waals surface area contributed by atoms with Crippen molar-refractivity contribution in [2.24, 2.45) is 0 Å². The number of nitrogens with zero attached hydrogens (tertiary/aromatic N) is 2. The van der Waals surface area contributed by atoms with Gasteiger partial charge in [0.05, 0.1) is 32.3 Å². The Balaban J connectivity index is 1.18. The van der Waals surface area contributed by atoms with E-state index in [-0.39, 0.29) is 68.8 Å². The zero-order chi connectivity index (χ0) is 34.8. The third kappa shape index (κ3) is 9.49. The largest absolute Gasteiger partial charge is 0.478 e. The Labute approximate surface area is 295 Å². The van der Waals surface area contributed by atoms with E-state index in [1.165, 1.54) is 34.1 Å². The van der Waals surface area contributed by atoms with Gasteiger partial charge in [0, 0.05) is 25.9 Å². The van der Waals surface area contributed by atoms with Gasteiger partial charge in [-0.25, -0.2) is 9.59 Å². The maximum absolute atomic E-state index is 13.2. The Morgan fingerprint density at radius 3 is 1.35 bits per heavy atom. The second-order valence-corrected chi connectivity index (χ2v) is 14.0. The maximum Gasteiger partial charge on any atom is 0.337 e. The van der Waals surface area contributed by atoms with Crippen LogP contribution >= 0.6 is 48.0 Å². The second-order valence-electron chi connectivity index (χ2n) is 10.7. The summed E-state index contributed by atoms with van der Waals surface area (Å²) in [4.78, 5) is 77.2. The van der Waals surface area contributed by atoms with Crippen molar-refractivity contribution < 1.29 is 39.0 Å². The SMILES string of the molecule is O=C(CCCCCN1C(=O)C(=C2SC(=S)N(CCCCCC(=O)Nc3ccccc3C(=O)O)C2=O)SC1=S)Nc1ccccc1C(=O)O. The normalized spacial score (nSPS) is 16.1. The Bertz CT molecular complexity index is 1570. The Morgan fingerprint density at radius 2 is 0.979 bits per heavy atom. The third-order valence-electron chi connectivity index (χ3n) is 7.34. The van der Waals surface area contributed by atoms with E-state index >= 15 is 0 Å². The molecule has 0 unspecified atom stereocenters. The molecule has 4 N–H and O–H groups in total. The summed E-state index contributed by atoms with van der Waals surface area (Å²) in [6.45, 7) is 0.654. The molecule has 2 saturated heterocycles. The number of nitrogens with one attached hydrogen (secondary N) is 2. The van der Waals surface area contributed by atoms with E-state index in [1.54, 1.807) is 24.3 Å². The smallest absolute Gasteiger partial charge is 0.337 e. The molecule has 4 rings (SSSR count). The number of thiocarbonyl (C=S) groups is 2. The summed E-state index contributed by atoms with van der Waals surface area (Å²) < 4.78 is 0.681. The molecule has 2 heterocycles. The molecule has 0 aliphatic carbocycles. The van der Waals surface area contributed by atoms with Crippen molar-refractivity contribution in [2.75, 3.05) is 23.7 Å². The molecule has 4 amide bonds. The van der Waals surface area contributed by atoms with Crippen LogP contribution in [0, 0.1) is 0 Å². The summed E-state index contributed by atoms with van der Waals surface area (Å²) in [5, 5.41) is 23.8. The third-order valence-corrected chi connectivity index (χ3v) is 10.4. The molecule has 252 valence electrons. The van der Waals surface area contributed by atoms with Gasteiger partial charge in [-0.05, 0) is 49.9 Å². The number of carboxylic acid groups (broad SMARTS) is 2. The quantitative estimate of drug-likeness (QED) is 0.0943. The van der Waals surface area contributed by atoms with Gasteiger partial charge in [0.1, 0.15) is 8.64 Å². The number of carboxylic acids is 2. The van der Waals surface area contributed by atoms with Gasteiger partial charge in [-0.3, -0.25) is 29.0 Å². The highest BCUT2D eigenvalue weighted by Gasteiger charge is 2.41. The van der Waals surface area contributed by atoms with E-state index in [0.717, 1.165) is 23.5 Å². The van der Waals surface area contributed by atoms with E-state index in [4.69, 9.17) is 24.4 Å². The number of amides is 4. The molecule has 2 aliphatic rings. The molecule has 0 aromatic heterocycles. The molecule has 0 bridgehead atoms. The predicted octanol–water partition coefficient (Wildman–Crippen LogP) is 5.71. The molecule has 48 heavy (non-hydrogen) atoms. The van der Waals surface area contributed by atoms with Crippen molar-refractivity contribution in [3.63, 3.8) is 0 Å². The van der Waals surface area contributed by atoms with Crippen LogP contribution in [0.5, 0.6) is 0 Å². The van der Waals surface area contributed by atoms with Crippen LogP contribution in [0.1, 0.15) is 72.1 Å². The molecule has 2 aliphatic heterocycles. The number of anilines is 2. The van der Waals surface area contributed by atoms with Crippen molar-refractivity contribution in [3.05, 3.63) is 69.5 Å². The number of benzene rings is 2. The summed E-state index contributed by atoms with van der Waals surface area (Å²) >= 11 is 13.0. The zero-order valence-corrected chi connectivity index (χ0v) is 28.8. The molecule has 2 fully saturated rings. The lowest BCUT2D eigenvalue weighted by Gasteiger charge is -2.15. The molecular formula is C32H32N4O8S4. The van der Waals surface area contributed by atoms with Gasteiger partial charge in [-0.2, -0.15) is 0 Å². The highest BCUT2D eigenvalue weighted by atomic mass is 32.2. The minimum Gasteiger partial charge on any atom is -0.478 e. The second kappa shape index (κ2) is 17.3. The molecule has 0 radical (unpaired) electrons. The molecule has 12 nitrogen and oxygen atoms in total. The first-order valence-electron chi connectivity index (χ1n) is 15.0.